The highest BCUT2D eigenvalue weighted by atomic mass is 32.1. The van der Waals surface area contributed by atoms with Gasteiger partial charge in [-0.25, -0.2) is 0 Å². The van der Waals surface area contributed by atoms with E-state index in [1.54, 1.807) is 20.8 Å². The van der Waals surface area contributed by atoms with Crippen LogP contribution in [0.25, 0.3) is 0 Å². The van der Waals surface area contributed by atoms with Crippen LogP contribution in [0, 0.1) is 19.3 Å². The molecule has 0 aromatic heterocycles. The van der Waals surface area contributed by atoms with Crippen molar-refractivity contribution < 1.29 is 14.3 Å². The summed E-state index contributed by atoms with van der Waals surface area (Å²) in [4.78, 5) is 23.5. The molecule has 23 heavy (non-hydrogen) atoms. The van der Waals surface area contributed by atoms with E-state index in [-0.39, 0.29) is 17.6 Å². The van der Waals surface area contributed by atoms with Gasteiger partial charge in [-0.3, -0.25) is 20.4 Å². The Morgan fingerprint density at radius 3 is 2.22 bits per heavy atom. The lowest BCUT2D eigenvalue weighted by atomic mass is 9.96. The van der Waals surface area contributed by atoms with Crippen molar-refractivity contribution >= 4 is 29.1 Å². The molecule has 126 valence electrons. The number of carbonyl (C=O) groups excluding carboxylic acids is 2. The van der Waals surface area contributed by atoms with E-state index in [1.807, 2.05) is 32.0 Å². The van der Waals surface area contributed by atoms with E-state index in [9.17, 15) is 9.59 Å². The smallest absolute Gasteiger partial charge is 0.276 e. The predicted octanol–water partition coefficient (Wildman–Crippen LogP) is 1.75. The molecule has 0 aliphatic heterocycles. The zero-order valence-electron chi connectivity index (χ0n) is 14.1. The first-order chi connectivity index (χ1) is 10.6. The molecule has 2 amide bonds. The first-order valence-corrected chi connectivity index (χ1v) is 7.61. The van der Waals surface area contributed by atoms with Crippen molar-refractivity contribution in [1.29, 1.82) is 0 Å². The van der Waals surface area contributed by atoms with Gasteiger partial charge in [-0.2, -0.15) is 0 Å². The minimum atomic E-state index is -0.568. The highest BCUT2D eigenvalue weighted by molar-refractivity contribution is 7.80. The molecular formula is C16H23N3O3S. The summed E-state index contributed by atoms with van der Waals surface area (Å²) in [6, 6.07) is 5.75. The van der Waals surface area contributed by atoms with Crippen molar-refractivity contribution in [3.8, 4) is 5.75 Å². The fourth-order valence-electron chi connectivity index (χ4n) is 1.65. The number of nitrogens with one attached hydrogen (secondary N) is 3. The van der Waals surface area contributed by atoms with Crippen LogP contribution in [0.15, 0.2) is 18.2 Å². The molecule has 0 aliphatic carbocycles. The zero-order chi connectivity index (χ0) is 17.6. The SMILES string of the molecule is Cc1cccc(C)c1OCC(=O)NNC(=S)NC(=O)C(C)(C)C. The average Bonchev–Trinajstić information content (AvgIpc) is 2.43. The fourth-order valence-corrected chi connectivity index (χ4v) is 1.79. The second kappa shape index (κ2) is 7.92. The number of hydrogen-bond acceptors (Lipinski definition) is 4. The molecule has 1 aromatic rings. The lowest BCUT2D eigenvalue weighted by Gasteiger charge is -2.18. The third-order valence-corrected chi connectivity index (χ3v) is 3.18. The number of thiocarbonyl (C=S) groups is 1. The van der Waals surface area contributed by atoms with Gasteiger partial charge in [-0.05, 0) is 37.2 Å². The number of carbonyl (C=O) groups is 2. The first kappa shape index (κ1) is 18.9. The molecule has 0 spiro atoms. The number of hydrazine groups is 1. The molecule has 0 saturated carbocycles. The van der Waals surface area contributed by atoms with Gasteiger partial charge >= 0.3 is 0 Å². The largest absolute Gasteiger partial charge is 0.483 e. The quantitative estimate of drug-likeness (QED) is 0.578. The van der Waals surface area contributed by atoms with Gasteiger partial charge in [0.25, 0.3) is 5.91 Å². The van der Waals surface area contributed by atoms with E-state index in [4.69, 9.17) is 17.0 Å². The van der Waals surface area contributed by atoms with Crippen LogP contribution in [0.4, 0.5) is 0 Å². The minimum absolute atomic E-state index is 0.0327. The van der Waals surface area contributed by atoms with Crippen molar-refractivity contribution in [2.75, 3.05) is 6.61 Å². The topological polar surface area (TPSA) is 79.5 Å². The van der Waals surface area contributed by atoms with E-state index < -0.39 is 11.3 Å². The highest BCUT2D eigenvalue weighted by Crippen LogP contribution is 2.21. The minimum Gasteiger partial charge on any atom is -0.483 e. The molecule has 0 radical (unpaired) electrons. The van der Waals surface area contributed by atoms with E-state index in [0.717, 1.165) is 11.1 Å². The van der Waals surface area contributed by atoms with Gasteiger partial charge < -0.3 is 10.1 Å². The molecule has 0 unspecified atom stereocenters. The lowest BCUT2D eigenvalue weighted by molar-refractivity contribution is -0.127. The molecule has 1 aromatic carbocycles. The highest BCUT2D eigenvalue weighted by Gasteiger charge is 2.22. The van der Waals surface area contributed by atoms with Crippen LogP contribution in [0.5, 0.6) is 5.75 Å². The van der Waals surface area contributed by atoms with Gasteiger partial charge in [0, 0.05) is 5.41 Å². The van der Waals surface area contributed by atoms with Crippen LogP contribution in [-0.4, -0.2) is 23.5 Å². The Bertz CT molecular complexity index is 589. The number of benzene rings is 1. The summed E-state index contributed by atoms with van der Waals surface area (Å²) in [5, 5.41) is 2.53. The Morgan fingerprint density at radius 2 is 1.70 bits per heavy atom. The Hall–Kier alpha value is -2.15. The number of ether oxygens (including phenoxy) is 1. The summed E-state index contributed by atoms with van der Waals surface area (Å²) in [5.41, 5.74) is 6.20. The van der Waals surface area contributed by atoms with Gasteiger partial charge in [0.1, 0.15) is 5.75 Å². The molecule has 0 heterocycles. The number of aryl methyl sites for hydroxylation is 2. The van der Waals surface area contributed by atoms with Crippen molar-refractivity contribution in [3.05, 3.63) is 29.3 Å². The number of para-hydroxylation sites is 1. The number of hydrogen-bond donors (Lipinski definition) is 3. The number of rotatable bonds is 3. The van der Waals surface area contributed by atoms with Crippen LogP contribution in [0.3, 0.4) is 0 Å². The summed E-state index contributed by atoms with van der Waals surface area (Å²) in [5.74, 6) is 0.0438. The molecule has 0 fully saturated rings. The van der Waals surface area contributed by atoms with Gasteiger partial charge in [0.2, 0.25) is 5.91 Å². The Labute approximate surface area is 141 Å². The molecular weight excluding hydrogens is 314 g/mol. The van der Waals surface area contributed by atoms with Crippen molar-refractivity contribution in [2.45, 2.75) is 34.6 Å². The standard InChI is InChI=1S/C16H23N3O3S/c1-10-7-6-8-11(2)13(10)22-9-12(20)18-19-15(23)17-14(21)16(3,4)5/h6-8H,9H2,1-5H3,(H,18,20)(H2,17,19,21,23). The second-order valence-corrected chi connectivity index (χ2v) is 6.62. The van der Waals surface area contributed by atoms with E-state index in [2.05, 4.69) is 16.2 Å². The van der Waals surface area contributed by atoms with Gasteiger partial charge in [-0.15, -0.1) is 0 Å². The van der Waals surface area contributed by atoms with Gasteiger partial charge in [-0.1, -0.05) is 39.0 Å². The van der Waals surface area contributed by atoms with Crippen molar-refractivity contribution in [3.63, 3.8) is 0 Å². The molecule has 3 N–H and O–H groups in total. The summed E-state index contributed by atoms with van der Waals surface area (Å²) >= 11 is 4.94. The lowest BCUT2D eigenvalue weighted by Crippen LogP contribution is -2.51. The van der Waals surface area contributed by atoms with E-state index in [0.29, 0.717) is 5.75 Å². The van der Waals surface area contributed by atoms with Gasteiger partial charge in [0.15, 0.2) is 11.7 Å². The molecule has 7 heteroatoms. The van der Waals surface area contributed by atoms with E-state index >= 15 is 0 Å². The third kappa shape index (κ3) is 6.23. The van der Waals surface area contributed by atoms with Crippen molar-refractivity contribution in [1.82, 2.24) is 16.2 Å². The van der Waals surface area contributed by atoms with Crippen LogP contribution < -0.4 is 20.9 Å². The monoisotopic (exact) mass is 337 g/mol. The summed E-state index contributed by atoms with van der Waals surface area (Å²) < 4.78 is 5.51. The summed E-state index contributed by atoms with van der Waals surface area (Å²) in [7, 11) is 0. The molecule has 0 bridgehead atoms. The Morgan fingerprint density at radius 1 is 1.13 bits per heavy atom. The maximum Gasteiger partial charge on any atom is 0.276 e. The molecule has 0 saturated heterocycles. The van der Waals surface area contributed by atoms with Crippen molar-refractivity contribution in [2.24, 2.45) is 5.41 Å². The summed E-state index contributed by atoms with van der Waals surface area (Å²) in [6.45, 7) is 8.96. The Kier molecular flexibility index (Phi) is 6.50. The molecule has 0 aliphatic rings. The van der Waals surface area contributed by atoms with Crippen LogP contribution in [0.2, 0.25) is 0 Å². The molecule has 0 atom stereocenters. The van der Waals surface area contributed by atoms with Gasteiger partial charge in [0.05, 0.1) is 0 Å². The van der Waals surface area contributed by atoms with Crippen LogP contribution in [-0.2, 0) is 9.59 Å². The maximum absolute atomic E-state index is 11.8. The van der Waals surface area contributed by atoms with E-state index in [1.165, 1.54) is 0 Å². The molecule has 1 rings (SSSR count). The second-order valence-electron chi connectivity index (χ2n) is 6.22. The summed E-state index contributed by atoms with van der Waals surface area (Å²) in [6.07, 6.45) is 0. The third-order valence-electron chi connectivity index (χ3n) is 2.98. The maximum atomic E-state index is 11.8. The zero-order valence-corrected chi connectivity index (χ0v) is 14.9. The Balaban J connectivity index is 2.40. The predicted molar refractivity (Wildman–Crippen MR) is 92.9 cm³/mol. The number of amides is 2. The van der Waals surface area contributed by atoms with Crippen LogP contribution >= 0.6 is 12.2 Å². The average molecular weight is 337 g/mol. The first-order valence-electron chi connectivity index (χ1n) is 7.20. The fraction of sp³-hybridized carbons (Fsp3) is 0.438. The normalized spacial score (nSPS) is 10.7. The van der Waals surface area contributed by atoms with Crippen LogP contribution in [0.1, 0.15) is 31.9 Å². The molecule has 6 nitrogen and oxygen atoms in total.